The first kappa shape index (κ1) is 16.1. The topological polar surface area (TPSA) is 51.0 Å². The van der Waals surface area contributed by atoms with E-state index in [9.17, 15) is 4.79 Å². The second-order valence-electron chi connectivity index (χ2n) is 6.07. The molecule has 23 heavy (non-hydrogen) atoms. The van der Waals surface area contributed by atoms with Gasteiger partial charge < -0.3 is 4.90 Å². The van der Waals surface area contributed by atoms with Crippen molar-refractivity contribution in [3.8, 4) is 5.69 Å². The number of benzene rings is 1. The third kappa shape index (κ3) is 3.42. The highest BCUT2D eigenvalue weighted by atomic mass is 32.2. The van der Waals surface area contributed by atoms with Crippen molar-refractivity contribution in [3.05, 3.63) is 35.7 Å². The Morgan fingerprint density at radius 2 is 2.00 bits per heavy atom. The van der Waals surface area contributed by atoms with Gasteiger partial charge >= 0.3 is 0 Å². The van der Waals surface area contributed by atoms with Crippen molar-refractivity contribution >= 4 is 17.7 Å². The number of carbonyl (C=O) groups is 1. The SMILES string of the molecule is Cc1ccc(C)c(-n2cnnc2S[C@@H](C)C(=O)N2CCCC2)c1. The van der Waals surface area contributed by atoms with Gasteiger partial charge in [0.05, 0.1) is 10.9 Å². The van der Waals surface area contributed by atoms with Gasteiger partial charge in [-0.15, -0.1) is 10.2 Å². The van der Waals surface area contributed by atoms with Gasteiger partial charge in [-0.25, -0.2) is 0 Å². The van der Waals surface area contributed by atoms with Gasteiger partial charge in [-0.1, -0.05) is 23.9 Å². The zero-order valence-electron chi connectivity index (χ0n) is 13.8. The van der Waals surface area contributed by atoms with Gasteiger partial charge in [-0.2, -0.15) is 0 Å². The molecule has 0 spiro atoms. The Morgan fingerprint density at radius 1 is 1.26 bits per heavy atom. The molecule has 5 nitrogen and oxygen atoms in total. The van der Waals surface area contributed by atoms with Gasteiger partial charge in [0.15, 0.2) is 5.16 Å². The normalized spacial score (nSPS) is 15.9. The molecule has 2 heterocycles. The van der Waals surface area contributed by atoms with Crippen LogP contribution in [0.5, 0.6) is 0 Å². The van der Waals surface area contributed by atoms with Crippen molar-refractivity contribution < 1.29 is 4.79 Å². The number of amides is 1. The van der Waals surface area contributed by atoms with Gasteiger partial charge in [-0.05, 0) is 50.8 Å². The fraction of sp³-hybridized carbons (Fsp3) is 0.471. The lowest BCUT2D eigenvalue weighted by atomic mass is 10.1. The maximum atomic E-state index is 12.5. The second kappa shape index (κ2) is 6.74. The molecule has 1 aliphatic rings. The molecule has 0 bridgehead atoms. The zero-order valence-corrected chi connectivity index (χ0v) is 14.6. The Labute approximate surface area is 141 Å². The Balaban J connectivity index is 1.81. The van der Waals surface area contributed by atoms with E-state index in [0.717, 1.165) is 42.3 Å². The first-order valence-corrected chi connectivity index (χ1v) is 8.87. The molecule has 3 rings (SSSR count). The molecule has 1 saturated heterocycles. The Bertz CT molecular complexity index is 706. The van der Waals surface area contributed by atoms with E-state index in [2.05, 4.69) is 42.2 Å². The van der Waals surface area contributed by atoms with Crippen molar-refractivity contribution in [3.63, 3.8) is 0 Å². The third-order valence-electron chi connectivity index (χ3n) is 4.19. The molecular formula is C17H22N4OS. The molecule has 0 radical (unpaired) electrons. The number of thioether (sulfide) groups is 1. The predicted molar refractivity (Wildman–Crippen MR) is 92.0 cm³/mol. The van der Waals surface area contributed by atoms with E-state index in [1.165, 1.54) is 17.3 Å². The summed E-state index contributed by atoms with van der Waals surface area (Å²) in [6, 6.07) is 6.31. The summed E-state index contributed by atoms with van der Waals surface area (Å²) >= 11 is 1.48. The number of hydrogen-bond donors (Lipinski definition) is 0. The van der Waals surface area contributed by atoms with E-state index < -0.39 is 0 Å². The van der Waals surface area contributed by atoms with Crippen LogP contribution in [-0.2, 0) is 4.79 Å². The van der Waals surface area contributed by atoms with Crippen LogP contribution in [0.25, 0.3) is 5.69 Å². The summed E-state index contributed by atoms with van der Waals surface area (Å²) in [5.74, 6) is 0.197. The molecule has 0 aliphatic carbocycles. The highest BCUT2D eigenvalue weighted by Gasteiger charge is 2.25. The molecule has 0 N–H and O–H groups in total. The minimum Gasteiger partial charge on any atom is -0.342 e. The average Bonchev–Trinajstić information content (AvgIpc) is 3.20. The largest absolute Gasteiger partial charge is 0.342 e. The molecule has 1 atom stereocenters. The molecule has 6 heteroatoms. The van der Waals surface area contributed by atoms with Crippen LogP contribution < -0.4 is 0 Å². The van der Waals surface area contributed by atoms with E-state index >= 15 is 0 Å². The van der Waals surface area contributed by atoms with Crippen LogP contribution in [-0.4, -0.2) is 43.9 Å². The predicted octanol–water partition coefficient (Wildman–Crippen LogP) is 2.99. The summed E-state index contributed by atoms with van der Waals surface area (Å²) in [4.78, 5) is 14.4. The van der Waals surface area contributed by atoms with Gasteiger partial charge in [0.2, 0.25) is 5.91 Å². The number of aryl methyl sites for hydroxylation is 2. The summed E-state index contributed by atoms with van der Waals surface area (Å²) in [7, 11) is 0. The van der Waals surface area contributed by atoms with E-state index in [1.807, 2.05) is 16.4 Å². The van der Waals surface area contributed by atoms with Crippen LogP contribution in [0.3, 0.4) is 0 Å². The number of rotatable bonds is 4. The highest BCUT2D eigenvalue weighted by molar-refractivity contribution is 8.00. The molecule has 1 aliphatic heterocycles. The summed E-state index contributed by atoms with van der Waals surface area (Å²) in [6.45, 7) is 7.86. The van der Waals surface area contributed by atoms with E-state index in [-0.39, 0.29) is 11.2 Å². The summed E-state index contributed by atoms with van der Waals surface area (Å²) in [5, 5.41) is 8.87. The summed E-state index contributed by atoms with van der Waals surface area (Å²) < 4.78 is 1.97. The lowest BCUT2D eigenvalue weighted by Crippen LogP contribution is -2.34. The number of likely N-dealkylation sites (tertiary alicyclic amines) is 1. The lowest BCUT2D eigenvalue weighted by molar-refractivity contribution is -0.129. The van der Waals surface area contributed by atoms with E-state index in [4.69, 9.17) is 0 Å². The maximum absolute atomic E-state index is 12.5. The fourth-order valence-corrected chi connectivity index (χ4v) is 3.77. The second-order valence-corrected chi connectivity index (χ2v) is 7.37. The van der Waals surface area contributed by atoms with Crippen LogP contribution in [0.2, 0.25) is 0 Å². The van der Waals surface area contributed by atoms with E-state index in [0.29, 0.717) is 0 Å². The monoisotopic (exact) mass is 330 g/mol. The molecule has 0 saturated carbocycles. The van der Waals surface area contributed by atoms with Crippen molar-refractivity contribution in [1.82, 2.24) is 19.7 Å². The minimum absolute atomic E-state index is 0.152. The average molecular weight is 330 g/mol. The van der Waals surface area contributed by atoms with Crippen molar-refractivity contribution in [2.24, 2.45) is 0 Å². The third-order valence-corrected chi connectivity index (χ3v) is 5.23. The van der Waals surface area contributed by atoms with Crippen LogP contribution >= 0.6 is 11.8 Å². The molecule has 1 fully saturated rings. The molecule has 2 aromatic rings. The number of aromatic nitrogens is 3. The first-order valence-electron chi connectivity index (χ1n) is 7.99. The zero-order chi connectivity index (χ0) is 16.4. The first-order chi connectivity index (χ1) is 11.1. The van der Waals surface area contributed by atoms with Gasteiger partial charge in [-0.3, -0.25) is 9.36 Å². The molecule has 122 valence electrons. The van der Waals surface area contributed by atoms with Crippen LogP contribution in [0.4, 0.5) is 0 Å². The van der Waals surface area contributed by atoms with Crippen molar-refractivity contribution in [2.75, 3.05) is 13.1 Å². The highest BCUT2D eigenvalue weighted by Crippen LogP contribution is 2.27. The van der Waals surface area contributed by atoms with Gasteiger partial charge in [0.25, 0.3) is 0 Å². The number of hydrogen-bond acceptors (Lipinski definition) is 4. The lowest BCUT2D eigenvalue weighted by Gasteiger charge is -2.20. The van der Waals surface area contributed by atoms with Gasteiger partial charge in [0.1, 0.15) is 6.33 Å². The van der Waals surface area contributed by atoms with E-state index in [1.54, 1.807) is 6.33 Å². The maximum Gasteiger partial charge on any atom is 0.235 e. The molecular weight excluding hydrogens is 308 g/mol. The van der Waals surface area contributed by atoms with Crippen LogP contribution in [0.15, 0.2) is 29.7 Å². The van der Waals surface area contributed by atoms with Crippen molar-refractivity contribution in [2.45, 2.75) is 44.0 Å². The molecule has 1 amide bonds. The molecule has 0 unspecified atom stereocenters. The molecule has 1 aromatic heterocycles. The Kier molecular flexibility index (Phi) is 4.71. The Hall–Kier alpha value is -1.82. The quantitative estimate of drug-likeness (QED) is 0.809. The summed E-state index contributed by atoms with van der Waals surface area (Å²) in [5.41, 5.74) is 3.42. The smallest absolute Gasteiger partial charge is 0.235 e. The summed E-state index contributed by atoms with van der Waals surface area (Å²) in [6.07, 6.45) is 3.95. The minimum atomic E-state index is -0.152. The Morgan fingerprint density at radius 3 is 2.74 bits per heavy atom. The standard InChI is InChI=1S/C17H22N4OS/c1-12-6-7-13(2)15(10-12)21-11-18-19-17(21)23-14(3)16(22)20-8-4-5-9-20/h6-7,10-11,14H,4-5,8-9H2,1-3H3/t14-/m0/s1. The number of nitrogens with zero attached hydrogens (tertiary/aromatic N) is 4. The van der Waals surface area contributed by atoms with Crippen LogP contribution in [0.1, 0.15) is 30.9 Å². The van der Waals surface area contributed by atoms with Crippen molar-refractivity contribution in [1.29, 1.82) is 0 Å². The molecule has 1 aromatic carbocycles. The van der Waals surface area contributed by atoms with Gasteiger partial charge in [0, 0.05) is 13.1 Å². The van der Waals surface area contributed by atoms with Crippen LogP contribution in [0, 0.1) is 13.8 Å². The fourth-order valence-electron chi connectivity index (χ4n) is 2.85. The number of carbonyl (C=O) groups excluding carboxylic acids is 1.